The second-order valence-electron chi connectivity index (χ2n) is 4.16. The first-order chi connectivity index (χ1) is 8.70. The SMILES string of the molecule is COc1cc(C(C)Nc2ccccc2)ccc1O. The van der Waals surface area contributed by atoms with Crippen molar-refractivity contribution >= 4 is 5.69 Å². The van der Waals surface area contributed by atoms with Crippen LogP contribution in [0.1, 0.15) is 18.5 Å². The maximum atomic E-state index is 9.56. The maximum Gasteiger partial charge on any atom is 0.160 e. The number of hydrogen-bond donors (Lipinski definition) is 2. The number of anilines is 1. The molecule has 0 amide bonds. The Morgan fingerprint density at radius 1 is 1.11 bits per heavy atom. The summed E-state index contributed by atoms with van der Waals surface area (Å²) in [6, 6.07) is 15.5. The Balaban J connectivity index is 2.16. The van der Waals surface area contributed by atoms with Gasteiger partial charge in [-0.15, -0.1) is 0 Å². The summed E-state index contributed by atoms with van der Waals surface area (Å²) in [6.45, 7) is 2.07. The smallest absolute Gasteiger partial charge is 0.160 e. The number of para-hydroxylation sites is 1. The van der Waals surface area contributed by atoms with Gasteiger partial charge in [-0.25, -0.2) is 0 Å². The zero-order valence-corrected chi connectivity index (χ0v) is 10.6. The Kier molecular flexibility index (Phi) is 3.72. The number of aromatic hydroxyl groups is 1. The van der Waals surface area contributed by atoms with Crippen LogP contribution < -0.4 is 10.1 Å². The Hall–Kier alpha value is -2.16. The lowest BCUT2D eigenvalue weighted by Crippen LogP contribution is -2.06. The van der Waals surface area contributed by atoms with Gasteiger partial charge in [-0.3, -0.25) is 0 Å². The molecule has 2 aromatic rings. The molecule has 0 aliphatic carbocycles. The molecule has 3 nitrogen and oxygen atoms in total. The van der Waals surface area contributed by atoms with Crippen LogP contribution >= 0.6 is 0 Å². The van der Waals surface area contributed by atoms with Crippen LogP contribution in [0.4, 0.5) is 5.69 Å². The predicted octanol–water partition coefficient (Wildman–Crippen LogP) is 3.57. The average molecular weight is 243 g/mol. The Labute approximate surface area is 107 Å². The molecular weight excluding hydrogens is 226 g/mol. The van der Waals surface area contributed by atoms with Crippen molar-refractivity contribution in [3.8, 4) is 11.5 Å². The van der Waals surface area contributed by atoms with Crippen molar-refractivity contribution in [1.29, 1.82) is 0 Å². The fourth-order valence-corrected chi connectivity index (χ4v) is 1.83. The number of nitrogens with one attached hydrogen (secondary N) is 1. The van der Waals surface area contributed by atoms with Crippen molar-refractivity contribution < 1.29 is 9.84 Å². The highest BCUT2D eigenvalue weighted by Gasteiger charge is 2.08. The molecule has 2 rings (SSSR count). The molecule has 0 radical (unpaired) electrons. The van der Waals surface area contributed by atoms with Crippen LogP contribution in [-0.4, -0.2) is 12.2 Å². The largest absolute Gasteiger partial charge is 0.504 e. The quantitative estimate of drug-likeness (QED) is 0.862. The van der Waals surface area contributed by atoms with E-state index in [2.05, 4.69) is 12.2 Å². The molecule has 2 aromatic carbocycles. The zero-order valence-electron chi connectivity index (χ0n) is 10.6. The molecule has 2 N–H and O–H groups in total. The van der Waals surface area contributed by atoms with Gasteiger partial charge in [0.2, 0.25) is 0 Å². The van der Waals surface area contributed by atoms with Crippen LogP contribution in [0, 0.1) is 0 Å². The summed E-state index contributed by atoms with van der Waals surface area (Å²) < 4.78 is 5.11. The van der Waals surface area contributed by atoms with E-state index in [0.717, 1.165) is 11.3 Å². The molecule has 0 aliphatic heterocycles. The van der Waals surface area contributed by atoms with Crippen LogP contribution in [0.2, 0.25) is 0 Å². The van der Waals surface area contributed by atoms with E-state index in [-0.39, 0.29) is 11.8 Å². The molecule has 18 heavy (non-hydrogen) atoms. The highest BCUT2D eigenvalue weighted by atomic mass is 16.5. The van der Waals surface area contributed by atoms with E-state index in [9.17, 15) is 5.11 Å². The summed E-state index contributed by atoms with van der Waals surface area (Å²) in [4.78, 5) is 0. The van der Waals surface area contributed by atoms with Gasteiger partial charge in [0.1, 0.15) is 0 Å². The van der Waals surface area contributed by atoms with Gasteiger partial charge in [0.25, 0.3) is 0 Å². The van der Waals surface area contributed by atoms with Crippen molar-refractivity contribution in [2.75, 3.05) is 12.4 Å². The van der Waals surface area contributed by atoms with Gasteiger partial charge in [-0.1, -0.05) is 24.3 Å². The third-order valence-corrected chi connectivity index (χ3v) is 2.86. The fraction of sp³-hybridized carbons (Fsp3) is 0.200. The van der Waals surface area contributed by atoms with Crippen molar-refractivity contribution in [1.82, 2.24) is 0 Å². The molecule has 0 aromatic heterocycles. The number of hydrogen-bond acceptors (Lipinski definition) is 3. The van der Waals surface area contributed by atoms with Gasteiger partial charge in [0.05, 0.1) is 7.11 Å². The van der Waals surface area contributed by atoms with E-state index in [1.165, 1.54) is 0 Å². The Bertz CT molecular complexity index is 511. The second-order valence-corrected chi connectivity index (χ2v) is 4.16. The molecule has 0 fully saturated rings. The van der Waals surface area contributed by atoms with Crippen LogP contribution in [0.15, 0.2) is 48.5 Å². The van der Waals surface area contributed by atoms with Gasteiger partial charge in [0.15, 0.2) is 11.5 Å². The molecule has 0 bridgehead atoms. The predicted molar refractivity (Wildman–Crippen MR) is 73.1 cm³/mol. The standard InChI is InChI=1S/C15H17NO2/c1-11(16-13-6-4-3-5-7-13)12-8-9-14(17)15(10-12)18-2/h3-11,16-17H,1-2H3. The fourth-order valence-electron chi connectivity index (χ4n) is 1.83. The first kappa shape index (κ1) is 12.3. The lowest BCUT2D eigenvalue weighted by Gasteiger charge is -2.16. The topological polar surface area (TPSA) is 41.5 Å². The molecule has 1 atom stereocenters. The van der Waals surface area contributed by atoms with Gasteiger partial charge in [-0.2, -0.15) is 0 Å². The normalized spacial score (nSPS) is 11.9. The van der Waals surface area contributed by atoms with Crippen molar-refractivity contribution in [2.24, 2.45) is 0 Å². The van der Waals surface area contributed by atoms with Crippen LogP contribution in [0.25, 0.3) is 0 Å². The highest BCUT2D eigenvalue weighted by Crippen LogP contribution is 2.29. The van der Waals surface area contributed by atoms with E-state index < -0.39 is 0 Å². The van der Waals surface area contributed by atoms with Crippen LogP contribution in [0.3, 0.4) is 0 Å². The molecule has 0 spiro atoms. The third-order valence-electron chi connectivity index (χ3n) is 2.86. The first-order valence-corrected chi connectivity index (χ1v) is 5.89. The second kappa shape index (κ2) is 5.45. The van der Waals surface area contributed by atoms with Crippen molar-refractivity contribution in [3.05, 3.63) is 54.1 Å². The summed E-state index contributed by atoms with van der Waals surface area (Å²) in [5, 5.41) is 13.0. The summed E-state index contributed by atoms with van der Waals surface area (Å²) in [7, 11) is 1.55. The van der Waals surface area contributed by atoms with Gasteiger partial charge in [-0.05, 0) is 36.8 Å². The zero-order chi connectivity index (χ0) is 13.0. The lowest BCUT2D eigenvalue weighted by atomic mass is 10.1. The lowest BCUT2D eigenvalue weighted by molar-refractivity contribution is 0.373. The first-order valence-electron chi connectivity index (χ1n) is 5.89. The van der Waals surface area contributed by atoms with E-state index in [4.69, 9.17) is 4.74 Å². The number of rotatable bonds is 4. The molecule has 1 unspecified atom stereocenters. The number of phenols is 1. The molecule has 0 heterocycles. The number of benzene rings is 2. The average Bonchev–Trinajstić information content (AvgIpc) is 2.40. The minimum absolute atomic E-state index is 0.141. The summed E-state index contributed by atoms with van der Waals surface area (Å²) in [5.74, 6) is 0.655. The molecule has 0 saturated heterocycles. The molecule has 0 aliphatic rings. The van der Waals surface area contributed by atoms with Gasteiger partial charge >= 0.3 is 0 Å². The number of phenolic OH excluding ortho intramolecular Hbond substituents is 1. The van der Waals surface area contributed by atoms with E-state index in [1.54, 1.807) is 13.2 Å². The van der Waals surface area contributed by atoms with Gasteiger partial charge in [0, 0.05) is 11.7 Å². The van der Waals surface area contributed by atoms with E-state index >= 15 is 0 Å². The van der Waals surface area contributed by atoms with Crippen molar-refractivity contribution in [2.45, 2.75) is 13.0 Å². The number of ether oxygens (including phenoxy) is 1. The highest BCUT2D eigenvalue weighted by molar-refractivity contribution is 5.48. The summed E-state index contributed by atoms with van der Waals surface area (Å²) in [5.41, 5.74) is 2.13. The maximum absolute atomic E-state index is 9.56. The van der Waals surface area contributed by atoms with Crippen LogP contribution in [-0.2, 0) is 0 Å². The van der Waals surface area contributed by atoms with Crippen LogP contribution in [0.5, 0.6) is 11.5 Å². The molecule has 3 heteroatoms. The van der Waals surface area contributed by atoms with Crippen molar-refractivity contribution in [3.63, 3.8) is 0 Å². The van der Waals surface area contributed by atoms with E-state index in [1.807, 2.05) is 42.5 Å². The molecular formula is C15H17NO2. The summed E-state index contributed by atoms with van der Waals surface area (Å²) in [6.07, 6.45) is 0. The number of methoxy groups -OCH3 is 1. The third kappa shape index (κ3) is 2.74. The van der Waals surface area contributed by atoms with E-state index in [0.29, 0.717) is 5.75 Å². The molecule has 94 valence electrons. The Morgan fingerprint density at radius 3 is 2.50 bits per heavy atom. The molecule has 0 saturated carbocycles. The minimum atomic E-state index is 0.141. The summed E-state index contributed by atoms with van der Waals surface area (Å²) >= 11 is 0. The monoisotopic (exact) mass is 243 g/mol. The Morgan fingerprint density at radius 2 is 1.83 bits per heavy atom. The minimum Gasteiger partial charge on any atom is -0.504 e. The van der Waals surface area contributed by atoms with Gasteiger partial charge < -0.3 is 15.2 Å².